The molecule has 1 aromatic heterocycles. The highest BCUT2D eigenvalue weighted by atomic mass is 32.2. The van der Waals surface area contributed by atoms with E-state index in [0.717, 1.165) is 12.0 Å². The molecule has 1 unspecified atom stereocenters. The van der Waals surface area contributed by atoms with Crippen molar-refractivity contribution >= 4 is 9.84 Å². The van der Waals surface area contributed by atoms with Crippen molar-refractivity contribution in [2.75, 3.05) is 19.1 Å². The summed E-state index contributed by atoms with van der Waals surface area (Å²) in [6.07, 6.45) is 6.36. The minimum atomic E-state index is -2.86. The second-order valence-electron chi connectivity index (χ2n) is 4.35. The zero-order valence-electron chi connectivity index (χ0n) is 10.6. The number of rotatable bonds is 6. The summed E-state index contributed by atoms with van der Waals surface area (Å²) in [6, 6.07) is 2.18. The van der Waals surface area contributed by atoms with Crippen LogP contribution < -0.4 is 5.32 Å². The highest BCUT2D eigenvalue weighted by Gasteiger charge is 2.12. The summed E-state index contributed by atoms with van der Waals surface area (Å²) in [7, 11) is -0.967. The SMILES string of the molecule is CNC(CCCS(C)(=O)=O)c1ccncc1C. The average molecular weight is 256 g/mol. The highest BCUT2D eigenvalue weighted by Crippen LogP contribution is 2.20. The summed E-state index contributed by atoms with van der Waals surface area (Å²) < 4.78 is 22.1. The molecule has 0 radical (unpaired) electrons. The minimum Gasteiger partial charge on any atom is -0.313 e. The molecule has 0 aromatic carbocycles. The summed E-state index contributed by atoms with van der Waals surface area (Å²) in [5, 5.41) is 3.22. The third-order valence-electron chi connectivity index (χ3n) is 2.80. The van der Waals surface area contributed by atoms with Crippen molar-refractivity contribution in [3.63, 3.8) is 0 Å². The molecule has 0 fully saturated rings. The van der Waals surface area contributed by atoms with Crippen molar-refractivity contribution in [1.29, 1.82) is 0 Å². The predicted octanol–water partition coefficient (Wildman–Crippen LogP) is 1.48. The lowest BCUT2D eigenvalue weighted by molar-refractivity contribution is 0.533. The molecule has 96 valence electrons. The molecule has 0 spiro atoms. The molecule has 1 heterocycles. The molecule has 5 heteroatoms. The topological polar surface area (TPSA) is 59.1 Å². The van der Waals surface area contributed by atoms with Crippen LogP contribution in [0.2, 0.25) is 0 Å². The van der Waals surface area contributed by atoms with Gasteiger partial charge < -0.3 is 5.32 Å². The molecule has 4 nitrogen and oxygen atoms in total. The van der Waals surface area contributed by atoms with Crippen LogP contribution in [0.4, 0.5) is 0 Å². The molecule has 0 saturated heterocycles. The lowest BCUT2D eigenvalue weighted by Gasteiger charge is -2.18. The Bertz CT molecular complexity index is 457. The van der Waals surface area contributed by atoms with E-state index in [0.29, 0.717) is 6.42 Å². The number of aryl methyl sites for hydroxylation is 1. The van der Waals surface area contributed by atoms with E-state index in [1.807, 2.05) is 26.2 Å². The van der Waals surface area contributed by atoms with Gasteiger partial charge in [0, 0.05) is 30.4 Å². The maximum atomic E-state index is 11.1. The van der Waals surface area contributed by atoms with Crippen LogP contribution in [-0.4, -0.2) is 32.5 Å². The van der Waals surface area contributed by atoms with Crippen LogP contribution in [0.15, 0.2) is 18.5 Å². The van der Waals surface area contributed by atoms with E-state index in [9.17, 15) is 8.42 Å². The second kappa shape index (κ2) is 6.12. The van der Waals surface area contributed by atoms with E-state index in [1.165, 1.54) is 11.8 Å². The van der Waals surface area contributed by atoms with Crippen molar-refractivity contribution < 1.29 is 8.42 Å². The molecule has 1 rings (SSSR count). The molecule has 0 aliphatic carbocycles. The molecule has 1 atom stereocenters. The van der Waals surface area contributed by atoms with Gasteiger partial charge in [0.25, 0.3) is 0 Å². The van der Waals surface area contributed by atoms with E-state index in [1.54, 1.807) is 6.20 Å². The largest absolute Gasteiger partial charge is 0.313 e. The van der Waals surface area contributed by atoms with Gasteiger partial charge in [0.05, 0.1) is 0 Å². The number of sulfone groups is 1. The third kappa shape index (κ3) is 4.83. The van der Waals surface area contributed by atoms with Gasteiger partial charge in [-0.25, -0.2) is 8.42 Å². The second-order valence-corrected chi connectivity index (χ2v) is 6.61. The van der Waals surface area contributed by atoms with Gasteiger partial charge in [-0.3, -0.25) is 4.98 Å². The standard InChI is InChI=1S/C12H20N2O2S/c1-10-9-14-7-6-11(10)12(13-2)5-4-8-17(3,15)16/h6-7,9,12-13H,4-5,8H2,1-3H3. The number of hydrogen-bond acceptors (Lipinski definition) is 4. The summed E-state index contributed by atoms with van der Waals surface area (Å²) in [5.74, 6) is 0.245. The quantitative estimate of drug-likeness (QED) is 0.837. The van der Waals surface area contributed by atoms with Crippen LogP contribution in [0, 0.1) is 6.92 Å². The zero-order chi connectivity index (χ0) is 12.9. The lowest BCUT2D eigenvalue weighted by atomic mass is 10.00. The molecular formula is C12H20N2O2S. The Morgan fingerprint density at radius 3 is 2.71 bits per heavy atom. The Kier molecular flexibility index (Phi) is 5.08. The first-order chi connectivity index (χ1) is 7.94. The Balaban J connectivity index is 2.64. The first-order valence-electron chi connectivity index (χ1n) is 5.69. The Morgan fingerprint density at radius 1 is 1.47 bits per heavy atom. The molecule has 1 N–H and O–H groups in total. The van der Waals surface area contributed by atoms with E-state index < -0.39 is 9.84 Å². The Hall–Kier alpha value is -0.940. The van der Waals surface area contributed by atoms with Crippen LogP contribution in [0.3, 0.4) is 0 Å². The number of pyridine rings is 1. The summed E-state index contributed by atoms with van der Waals surface area (Å²) in [6.45, 7) is 2.02. The molecule has 1 aromatic rings. The number of nitrogens with one attached hydrogen (secondary N) is 1. The van der Waals surface area contributed by atoms with Gasteiger partial charge in [0.2, 0.25) is 0 Å². The normalized spacial score (nSPS) is 13.6. The molecule has 0 saturated carbocycles. The maximum Gasteiger partial charge on any atom is 0.147 e. The summed E-state index contributed by atoms with van der Waals surface area (Å²) >= 11 is 0. The zero-order valence-corrected chi connectivity index (χ0v) is 11.4. The summed E-state index contributed by atoms with van der Waals surface area (Å²) in [4.78, 5) is 4.06. The predicted molar refractivity (Wildman–Crippen MR) is 69.7 cm³/mol. The van der Waals surface area contributed by atoms with Crippen LogP contribution in [0.25, 0.3) is 0 Å². The monoisotopic (exact) mass is 256 g/mol. The van der Waals surface area contributed by atoms with Crippen molar-refractivity contribution in [2.45, 2.75) is 25.8 Å². The first kappa shape index (κ1) is 14.1. The fourth-order valence-electron chi connectivity index (χ4n) is 1.88. The van der Waals surface area contributed by atoms with Gasteiger partial charge in [-0.2, -0.15) is 0 Å². The minimum absolute atomic E-state index is 0.194. The van der Waals surface area contributed by atoms with Gasteiger partial charge in [-0.1, -0.05) is 0 Å². The molecule has 0 aliphatic heterocycles. The van der Waals surface area contributed by atoms with Crippen LogP contribution >= 0.6 is 0 Å². The fraction of sp³-hybridized carbons (Fsp3) is 0.583. The Labute approximate surface area is 103 Å². The molecule has 17 heavy (non-hydrogen) atoms. The van der Waals surface area contributed by atoms with Crippen molar-refractivity contribution in [3.05, 3.63) is 29.6 Å². The molecule has 0 amide bonds. The van der Waals surface area contributed by atoms with E-state index in [-0.39, 0.29) is 11.8 Å². The van der Waals surface area contributed by atoms with Gasteiger partial charge in [-0.05, 0) is 44.0 Å². The van der Waals surface area contributed by atoms with Crippen LogP contribution in [0.5, 0.6) is 0 Å². The van der Waals surface area contributed by atoms with Crippen molar-refractivity contribution in [2.24, 2.45) is 0 Å². The third-order valence-corrected chi connectivity index (χ3v) is 3.83. The fourth-order valence-corrected chi connectivity index (χ4v) is 2.57. The molecular weight excluding hydrogens is 236 g/mol. The Morgan fingerprint density at radius 2 is 2.18 bits per heavy atom. The van der Waals surface area contributed by atoms with Crippen molar-refractivity contribution in [1.82, 2.24) is 10.3 Å². The van der Waals surface area contributed by atoms with Gasteiger partial charge in [0.15, 0.2) is 0 Å². The molecule has 0 aliphatic rings. The van der Waals surface area contributed by atoms with Crippen molar-refractivity contribution in [3.8, 4) is 0 Å². The maximum absolute atomic E-state index is 11.1. The average Bonchev–Trinajstić information content (AvgIpc) is 2.24. The van der Waals surface area contributed by atoms with Gasteiger partial charge >= 0.3 is 0 Å². The van der Waals surface area contributed by atoms with E-state index in [4.69, 9.17) is 0 Å². The van der Waals surface area contributed by atoms with Gasteiger partial charge in [0.1, 0.15) is 9.84 Å². The smallest absolute Gasteiger partial charge is 0.147 e. The number of hydrogen-bond donors (Lipinski definition) is 1. The van der Waals surface area contributed by atoms with Crippen LogP contribution in [0.1, 0.15) is 30.0 Å². The van der Waals surface area contributed by atoms with Gasteiger partial charge in [-0.15, -0.1) is 0 Å². The lowest BCUT2D eigenvalue weighted by Crippen LogP contribution is -2.18. The highest BCUT2D eigenvalue weighted by molar-refractivity contribution is 7.90. The van der Waals surface area contributed by atoms with E-state index in [2.05, 4.69) is 10.3 Å². The van der Waals surface area contributed by atoms with E-state index >= 15 is 0 Å². The molecule has 0 bridgehead atoms. The first-order valence-corrected chi connectivity index (χ1v) is 7.75. The number of nitrogens with zero attached hydrogens (tertiary/aromatic N) is 1. The van der Waals surface area contributed by atoms with Crippen LogP contribution in [-0.2, 0) is 9.84 Å². The summed E-state index contributed by atoms with van der Waals surface area (Å²) in [5.41, 5.74) is 2.32. The number of aromatic nitrogens is 1.